The molecule has 1 aromatic rings. The molecule has 3 N–H and O–H groups in total. The predicted molar refractivity (Wildman–Crippen MR) is 50.5 cm³/mol. The summed E-state index contributed by atoms with van der Waals surface area (Å²) in [6.07, 6.45) is 0. The lowest BCUT2D eigenvalue weighted by molar-refractivity contribution is -0.384. The van der Waals surface area contributed by atoms with Crippen molar-refractivity contribution in [3.63, 3.8) is 0 Å². The number of hydrogen-bond acceptors (Lipinski definition) is 4. The van der Waals surface area contributed by atoms with Gasteiger partial charge in [0.2, 0.25) is 0 Å². The van der Waals surface area contributed by atoms with Crippen LogP contribution >= 0.6 is 0 Å². The van der Waals surface area contributed by atoms with Crippen LogP contribution in [0.5, 0.6) is 0 Å². The van der Waals surface area contributed by atoms with Crippen LogP contribution in [0.4, 0.5) is 11.4 Å². The number of nitrogens with two attached hydrogens (primary N) is 1. The van der Waals surface area contributed by atoms with Crippen LogP contribution in [0.15, 0.2) is 18.2 Å². The minimum absolute atomic E-state index is 0.0709. The van der Waals surface area contributed by atoms with Crippen molar-refractivity contribution in [2.75, 3.05) is 12.4 Å². The molecule has 13 heavy (non-hydrogen) atoms. The Kier molecular flexibility index (Phi) is 2.81. The Balaban J connectivity index is 3.13. The Morgan fingerprint density at radius 2 is 2.31 bits per heavy atom. The number of anilines is 1. The lowest BCUT2D eigenvalue weighted by Gasteiger charge is -2.05. The summed E-state index contributed by atoms with van der Waals surface area (Å²) in [5, 5.41) is 13.3. The van der Waals surface area contributed by atoms with Gasteiger partial charge >= 0.3 is 0 Å². The standard InChI is InChI=1S/C8H11N3O2/c1-10-8-4-7(11(12)13)3-2-6(8)5-9/h2-4,10H,5,9H2,1H3. The van der Waals surface area contributed by atoms with Gasteiger partial charge in [-0.1, -0.05) is 0 Å². The first-order chi connectivity index (χ1) is 6.19. The Morgan fingerprint density at radius 3 is 2.77 bits per heavy atom. The van der Waals surface area contributed by atoms with Gasteiger partial charge in [-0.05, 0) is 11.6 Å². The largest absolute Gasteiger partial charge is 0.388 e. The first-order valence-corrected chi connectivity index (χ1v) is 3.84. The molecule has 0 radical (unpaired) electrons. The van der Waals surface area contributed by atoms with Crippen LogP contribution in [-0.4, -0.2) is 12.0 Å². The molecule has 0 fully saturated rings. The second-order valence-electron chi connectivity index (χ2n) is 2.55. The summed E-state index contributed by atoms with van der Waals surface area (Å²) in [6.45, 7) is 0.369. The zero-order valence-corrected chi connectivity index (χ0v) is 7.28. The summed E-state index contributed by atoms with van der Waals surface area (Å²) in [4.78, 5) is 9.99. The third-order valence-electron chi connectivity index (χ3n) is 1.79. The van der Waals surface area contributed by atoms with Crippen molar-refractivity contribution in [2.24, 2.45) is 5.73 Å². The van der Waals surface area contributed by atoms with E-state index in [1.54, 1.807) is 13.1 Å². The van der Waals surface area contributed by atoms with E-state index in [9.17, 15) is 10.1 Å². The van der Waals surface area contributed by atoms with Crippen LogP contribution in [0.3, 0.4) is 0 Å². The van der Waals surface area contributed by atoms with Crippen molar-refractivity contribution in [1.29, 1.82) is 0 Å². The number of nitro groups is 1. The molecule has 0 aliphatic carbocycles. The second kappa shape index (κ2) is 3.86. The summed E-state index contributed by atoms with van der Waals surface area (Å²) >= 11 is 0. The first-order valence-electron chi connectivity index (χ1n) is 3.84. The van der Waals surface area contributed by atoms with E-state index in [0.717, 1.165) is 5.56 Å². The third kappa shape index (κ3) is 1.94. The van der Waals surface area contributed by atoms with Gasteiger partial charge in [0.25, 0.3) is 5.69 Å². The molecule has 0 unspecified atom stereocenters. The molecule has 0 aliphatic heterocycles. The van der Waals surface area contributed by atoms with Gasteiger partial charge in [-0.15, -0.1) is 0 Å². The lowest BCUT2D eigenvalue weighted by Crippen LogP contribution is -2.02. The lowest BCUT2D eigenvalue weighted by atomic mass is 10.1. The number of nitrogens with zero attached hydrogens (tertiary/aromatic N) is 1. The molecule has 0 spiro atoms. The van der Waals surface area contributed by atoms with E-state index in [1.165, 1.54) is 12.1 Å². The van der Waals surface area contributed by atoms with Crippen LogP contribution in [-0.2, 0) is 6.54 Å². The minimum atomic E-state index is -0.429. The van der Waals surface area contributed by atoms with E-state index in [-0.39, 0.29) is 5.69 Å². The highest BCUT2D eigenvalue weighted by Crippen LogP contribution is 2.21. The SMILES string of the molecule is CNc1cc([N+](=O)[O-])ccc1CN. The van der Waals surface area contributed by atoms with E-state index in [1.807, 2.05) is 0 Å². The van der Waals surface area contributed by atoms with Crippen molar-refractivity contribution in [3.8, 4) is 0 Å². The monoisotopic (exact) mass is 181 g/mol. The van der Waals surface area contributed by atoms with Gasteiger partial charge in [-0.3, -0.25) is 10.1 Å². The zero-order valence-electron chi connectivity index (χ0n) is 7.28. The van der Waals surface area contributed by atoms with E-state index < -0.39 is 4.92 Å². The van der Waals surface area contributed by atoms with Crippen LogP contribution in [0.2, 0.25) is 0 Å². The molecule has 0 aromatic heterocycles. The second-order valence-corrected chi connectivity index (χ2v) is 2.55. The van der Waals surface area contributed by atoms with Crippen molar-refractivity contribution < 1.29 is 4.92 Å². The van der Waals surface area contributed by atoms with Gasteiger partial charge in [0, 0.05) is 31.4 Å². The Bertz CT molecular complexity index is 325. The maximum absolute atomic E-state index is 10.4. The molecule has 0 saturated heterocycles. The fourth-order valence-electron chi connectivity index (χ4n) is 1.09. The van der Waals surface area contributed by atoms with Crippen molar-refractivity contribution in [1.82, 2.24) is 0 Å². The topological polar surface area (TPSA) is 81.2 Å². The van der Waals surface area contributed by atoms with Crippen molar-refractivity contribution in [2.45, 2.75) is 6.54 Å². The van der Waals surface area contributed by atoms with Crippen LogP contribution in [0.25, 0.3) is 0 Å². The molecule has 5 heteroatoms. The Hall–Kier alpha value is -1.62. The highest BCUT2D eigenvalue weighted by molar-refractivity contribution is 5.56. The molecule has 0 aliphatic rings. The fraction of sp³-hybridized carbons (Fsp3) is 0.250. The van der Waals surface area contributed by atoms with Gasteiger partial charge in [0.05, 0.1) is 4.92 Å². The molecule has 70 valence electrons. The Labute approximate surface area is 75.7 Å². The molecular weight excluding hydrogens is 170 g/mol. The Morgan fingerprint density at radius 1 is 1.62 bits per heavy atom. The zero-order chi connectivity index (χ0) is 9.84. The first kappa shape index (κ1) is 9.47. The number of hydrogen-bond donors (Lipinski definition) is 2. The highest BCUT2D eigenvalue weighted by atomic mass is 16.6. The smallest absolute Gasteiger partial charge is 0.271 e. The molecule has 0 heterocycles. The van der Waals surface area contributed by atoms with E-state index in [4.69, 9.17) is 5.73 Å². The van der Waals surface area contributed by atoms with Crippen LogP contribution in [0, 0.1) is 10.1 Å². The number of non-ortho nitro benzene ring substituents is 1. The molecule has 0 bridgehead atoms. The number of rotatable bonds is 3. The maximum atomic E-state index is 10.4. The summed E-state index contributed by atoms with van der Waals surface area (Å²) in [7, 11) is 1.71. The normalized spacial score (nSPS) is 9.69. The van der Waals surface area contributed by atoms with Gasteiger partial charge < -0.3 is 11.1 Å². The number of nitro benzene ring substituents is 1. The van der Waals surface area contributed by atoms with Crippen LogP contribution < -0.4 is 11.1 Å². The van der Waals surface area contributed by atoms with E-state index >= 15 is 0 Å². The molecular formula is C8H11N3O2. The van der Waals surface area contributed by atoms with Gasteiger partial charge in [0.1, 0.15) is 0 Å². The number of benzene rings is 1. The van der Waals surface area contributed by atoms with Crippen LogP contribution in [0.1, 0.15) is 5.56 Å². The average Bonchev–Trinajstić information content (AvgIpc) is 2.16. The van der Waals surface area contributed by atoms with Gasteiger partial charge in [-0.25, -0.2) is 0 Å². The van der Waals surface area contributed by atoms with Gasteiger partial charge in [-0.2, -0.15) is 0 Å². The predicted octanol–water partition coefficient (Wildman–Crippen LogP) is 1.10. The summed E-state index contributed by atoms with van der Waals surface area (Å²) in [5.41, 5.74) is 7.09. The molecule has 1 aromatic carbocycles. The fourth-order valence-corrected chi connectivity index (χ4v) is 1.09. The molecule has 0 atom stereocenters. The third-order valence-corrected chi connectivity index (χ3v) is 1.79. The van der Waals surface area contributed by atoms with Crippen molar-refractivity contribution >= 4 is 11.4 Å². The molecule has 0 amide bonds. The highest BCUT2D eigenvalue weighted by Gasteiger charge is 2.08. The quantitative estimate of drug-likeness (QED) is 0.540. The minimum Gasteiger partial charge on any atom is -0.388 e. The van der Waals surface area contributed by atoms with Gasteiger partial charge in [0.15, 0.2) is 0 Å². The molecule has 1 rings (SSSR count). The van der Waals surface area contributed by atoms with Crippen molar-refractivity contribution in [3.05, 3.63) is 33.9 Å². The summed E-state index contributed by atoms with van der Waals surface area (Å²) in [5.74, 6) is 0. The molecule has 0 saturated carbocycles. The maximum Gasteiger partial charge on any atom is 0.271 e. The summed E-state index contributed by atoms with van der Waals surface area (Å²) in [6, 6.07) is 4.58. The van der Waals surface area contributed by atoms with E-state index in [0.29, 0.717) is 12.2 Å². The number of nitrogens with one attached hydrogen (secondary N) is 1. The average molecular weight is 181 g/mol. The summed E-state index contributed by atoms with van der Waals surface area (Å²) < 4.78 is 0. The van der Waals surface area contributed by atoms with E-state index in [2.05, 4.69) is 5.32 Å². The molecule has 5 nitrogen and oxygen atoms in total.